The second-order valence-corrected chi connectivity index (χ2v) is 8.08. The maximum absolute atomic E-state index is 6.21. The Balaban J connectivity index is 1.45. The molecule has 0 saturated carbocycles. The number of nitrogens with one attached hydrogen (secondary N) is 2. The van der Waals surface area contributed by atoms with Crippen molar-refractivity contribution in [2.45, 2.75) is 18.9 Å². The Labute approximate surface area is 180 Å². The lowest BCUT2D eigenvalue weighted by atomic mass is 10.1. The van der Waals surface area contributed by atoms with Crippen molar-refractivity contribution in [3.63, 3.8) is 0 Å². The quantitative estimate of drug-likeness (QED) is 0.445. The van der Waals surface area contributed by atoms with Gasteiger partial charge in [0.05, 0.1) is 12.2 Å². The zero-order chi connectivity index (χ0) is 20.5. The molecule has 0 bridgehead atoms. The molecule has 1 aliphatic rings. The van der Waals surface area contributed by atoms with Crippen molar-refractivity contribution in [3.8, 4) is 33.6 Å². The third kappa shape index (κ3) is 3.72. The monoisotopic (exact) mass is 418 g/mol. The minimum atomic E-state index is 0.449. The first-order valence-electron chi connectivity index (χ1n) is 10.1. The highest BCUT2D eigenvalue weighted by Gasteiger charge is 2.17. The Bertz CT molecular complexity index is 1170. The molecule has 3 aromatic heterocycles. The predicted octanol–water partition coefficient (Wildman–Crippen LogP) is 4.77. The summed E-state index contributed by atoms with van der Waals surface area (Å²) in [6, 6.07) is 14.3. The molecule has 30 heavy (non-hydrogen) atoms. The lowest BCUT2D eigenvalue weighted by Gasteiger charge is -2.22. The molecule has 1 aromatic carbocycles. The summed E-state index contributed by atoms with van der Waals surface area (Å²) in [5, 5.41) is 8.70. The van der Waals surface area contributed by atoms with Crippen LogP contribution in [0.3, 0.4) is 0 Å². The number of pyridine rings is 1. The van der Waals surface area contributed by atoms with E-state index in [0.29, 0.717) is 16.9 Å². The third-order valence-electron chi connectivity index (χ3n) is 5.65. The summed E-state index contributed by atoms with van der Waals surface area (Å²) in [5.41, 5.74) is 12.1. The van der Waals surface area contributed by atoms with Crippen LogP contribution in [0.5, 0.6) is 0 Å². The summed E-state index contributed by atoms with van der Waals surface area (Å²) in [4.78, 5) is 7.88. The van der Waals surface area contributed by atoms with Gasteiger partial charge in [-0.3, -0.25) is 4.68 Å². The molecule has 1 fully saturated rings. The van der Waals surface area contributed by atoms with Crippen molar-refractivity contribution in [1.82, 2.24) is 25.1 Å². The van der Waals surface area contributed by atoms with Gasteiger partial charge >= 0.3 is 0 Å². The van der Waals surface area contributed by atoms with Crippen molar-refractivity contribution in [2.75, 3.05) is 18.8 Å². The van der Waals surface area contributed by atoms with Gasteiger partial charge < -0.3 is 16.0 Å². The molecule has 1 saturated heterocycles. The van der Waals surface area contributed by atoms with E-state index in [2.05, 4.69) is 37.3 Å². The molecule has 5 rings (SSSR count). The van der Waals surface area contributed by atoms with Crippen molar-refractivity contribution in [1.29, 1.82) is 0 Å². The van der Waals surface area contributed by atoms with Crippen LogP contribution < -0.4 is 11.1 Å². The van der Waals surface area contributed by atoms with Gasteiger partial charge in [0, 0.05) is 45.5 Å². The highest BCUT2D eigenvalue weighted by Crippen LogP contribution is 2.32. The van der Waals surface area contributed by atoms with Crippen LogP contribution >= 0.6 is 11.6 Å². The number of rotatable bonds is 4. The largest absolute Gasteiger partial charge is 0.383 e. The van der Waals surface area contributed by atoms with Crippen LogP contribution in [0.25, 0.3) is 33.6 Å². The normalized spacial score (nSPS) is 14.8. The molecule has 1 aliphatic heterocycles. The standard InChI is InChI=1S/C23H23ClN6/c24-18-3-1-2-15(10-18)21-4-5-22(29-21)20-11-16(12-27-23(20)25)17-13-28-30(14-17)19-6-8-26-9-7-19/h1-5,10-14,19,26,29H,6-9H2,(H2,25,27). The van der Waals surface area contributed by atoms with Crippen LogP contribution in [-0.2, 0) is 0 Å². The van der Waals surface area contributed by atoms with Gasteiger partial charge in [-0.15, -0.1) is 0 Å². The number of piperidine rings is 1. The Morgan fingerprint density at radius 3 is 2.63 bits per heavy atom. The topological polar surface area (TPSA) is 84.5 Å². The fraction of sp³-hybridized carbons (Fsp3) is 0.217. The summed E-state index contributed by atoms with van der Waals surface area (Å²) < 4.78 is 2.08. The third-order valence-corrected chi connectivity index (χ3v) is 5.88. The van der Waals surface area contributed by atoms with E-state index >= 15 is 0 Å². The number of nitrogen functional groups attached to an aromatic ring is 1. The first-order valence-corrected chi connectivity index (χ1v) is 10.5. The molecular weight excluding hydrogens is 396 g/mol. The molecule has 4 heterocycles. The number of aromatic nitrogens is 4. The number of nitrogens with two attached hydrogens (primary N) is 1. The van der Waals surface area contributed by atoms with E-state index < -0.39 is 0 Å². The number of nitrogens with zero attached hydrogens (tertiary/aromatic N) is 3. The van der Waals surface area contributed by atoms with Crippen LogP contribution in [0.2, 0.25) is 5.02 Å². The van der Waals surface area contributed by atoms with Gasteiger partial charge in [-0.05, 0) is 61.8 Å². The molecule has 6 nitrogen and oxygen atoms in total. The lowest BCUT2D eigenvalue weighted by molar-refractivity contribution is 0.343. The number of hydrogen-bond acceptors (Lipinski definition) is 4. The molecule has 0 spiro atoms. The van der Waals surface area contributed by atoms with Gasteiger partial charge in [-0.1, -0.05) is 23.7 Å². The minimum absolute atomic E-state index is 0.449. The van der Waals surface area contributed by atoms with E-state index in [1.54, 1.807) is 0 Å². The number of benzene rings is 1. The second-order valence-electron chi connectivity index (χ2n) is 7.64. The molecule has 0 atom stereocenters. The number of halogens is 1. The molecule has 0 amide bonds. The van der Waals surface area contributed by atoms with Gasteiger partial charge in [0.15, 0.2) is 0 Å². The van der Waals surface area contributed by atoms with E-state index in [9.17, 15) is 0 Å². The number of anilines is 1. The van der Waals surface area contributed by atoms with Gasteiger partial charge in [-0.25, -0.2) is 4.98 Å². The van der Waals surface area contributed by atoms with E-state index in [4.69, 9.17) is 17.3 Å². The van der Waals surface area contributed by atoms with E-state index in [-0.39, 0.29) is 0 Å². The minimum Gasteiger partial charge on any atom is -0.383 e. The van der Waals surface area contributed by atoms with Crippen molar-refractivity contribution < 1.29 is 0 Å². The number of aromatic amines is 1. The maximum atomic E-state index is 6.21. The van der Waals surface area contributed by atoms with Crippen molar-refractivity contribution in [2.24, 2.45) is 0 Å². The van der Waals surface area contributed by atoms with Crippen molar-refractivity contribution in [3.05, 3.63) is 66.1 Å². The molecule has 4 N–H and O–H groups in total. The number of H-pyrrole nitrogens is 1. The Morgan fingerprint density at radius 1 is 0.967 bits per heavy atom. The van der Waals surface area contributed by atoms with Gasteiger partial charge in [-0.2, -0.15) is 5.10 Å². The molecular formula is C23H23ClN6. The van der Waals surface area contributed by atoms with Crippen molar-refractivity contribution >= 4 is 17.4 Å². The molecule has 7 heteroatoms. The number of hydrogen-bond donors (Lipinski definition) is 3. The Morgan fingerprint density at radius 2 is 1.80 bits per heavy atom. The first kappa shape index (κ1) is 18.9. The van der Waals surface area contributed by atoms with Crippen LogP contribution in [0.4, 0.5) is 5.82 Å². The van der Waals surface area contributed by atoms with Crippen LogP contribution in [-0.4, -0.2) is 32.8 Å². The molecule has 4 aromatic rings. The summed E-state index contributed by atoms with van der Waals surface area (Å²) in [7, 11) is 0. The average Bonchev–Trinajstić information content (AvgIpc) is 3.45. The first-order chi connectivity index (χ1) is 14.7. The summed E-state index contributed by atoms with van der Waals surface area (Å²) >= 11 is 6.14. The molecule has 0 unspecified atom stereocenters. The summed E-state index contributed by atoms with van der Waals surface area (Å²) in [6.07, 6.45) is 8.02. The van der Waals surface area contributed by atoms with E-state index in [1.165, 1.54) is 0 Å². The zero-order valence-corrected chi connectivity index (χ0v) is 17.2. The Hall–Kier alpha value is -3.09. The smallest absolute Gasteiger partial charge is 0.132 e. The molecule has 152 valence electrons. The fourth-order valence-electron chi connectivity index (χ4n) is 3.98. The van der Waals surface area contributed by atoms with Gasteiger partial charge in [0.2, 0.25) is 0 Å². The van der Waals surface area contributed by atoms with Crippen LogP contribution in [0, 0.1) is 0 Å². The summed E-state index contributed by atoms with van der Waals surface area (Å²) in [5.74, 6) is 0.490. The Kier molecular flexibility index (Phi) is 5.02. The average molecular weight is 419 g/mol. The van der Waals surface area contributed by atoms with Crippen LogP contribution in [0.1, 0.15) is 18.9 Å². The fourth-order valence-corrected chi connectivity index (χ4v) is 4.17. The SMILES string of the molecule is Nc1ncc(-c2cnn(C3CCNCC3)c2)cc1-c1ccc(-c2cccc(Cl)c2)[nH]1. The summed E-state index contributed by atoms with van der Waals surface area (Å²) in [6.45, 7) is 2.07. The highest BCUT2D eigenvalue weighted by molar-refractivity contribution is 6.30. The molecule has 0 radical (unpaired) electrons. The lowest BCUT2D eigenvalue weighted by Crippen LogP contribution is -2.29. The van der Waals surface area contributed by atoms with E-state index in [0.717, 1.165) is 59.6 Å². The van der Waals surface area contributed by atoms with Crippen LogP contribution in [0.15, 0.2) is 61.1 Å². The molecule has 0 aliphatic carbocycles. The van der Waals surface area contributed by atoms with Gasteiger partial charge in [0.1, 0.15) is 5.82 Å². The van der Waals surface area contributed by atoms with Gasteiger partial charge in [0.25, 0.3) is 0 Å². The highest BCUT2D eigenvalue weighted by atomic mass is 35.5. The maximum Gasteiger partial charge on any atom is 0.132 e. The zero-order valence-electron chi connectivity index (χ0n) is 16.5. The van der Waals surface area contributed by atoms with E-state index in [1.807, 2.05) is 48.8 Å². The predicted molar refractivity (Wildman–Crippen MR) is 121 cm³/mol. The second kappa shape index (κ2) is 7.97.